The maximum absolute atomic E-state index is 13.1. The molecule has 100 valence electrons. The number of benzene rings is 1. The number of amides is 1. The molecule has 0 saturated heterocycles. The van der Waals surface area contributed by atoms with Crippen LogP contribution < -0.4 is 10.6 Å². The SMILES string of the molecule is CN(C(=O)c1csc(CCN)n1)c1cccc(F)c1. The highest BCUT2D eigenvalue weighted by Gasteiger charge is 2.17. The Hall–Kier alpha value is -1.79. The van der Waals surface area contributed by atoms with Crippen LogP contribution >= 0.6 is 11.3 Å². The minimum Gasteiger partial charge on any atom is -0.330 e. The van der Waals surface area contributed by atoms with E-state index in [2.05, 4.69) is 4.98 Å². The molecule has 0 aliphatic carbocycles. The van der Waals surface area contributed by atoms with Crippen molar-refractivity contribution in [3.8, 4) is 0 Å². The summed E-state index contributed by atoms with van der Waals surface area (Å²) >= 11 is 1.41. The quantitative estimate of drug-likeness (QED) is 0.932. The van der Waals surface area contributed by atoms with Gasteiger partial charge in [-0.3, -0.25) is 4.79 Å². The molecule has 0 saturated carbocycles. The van der Waals surface area contributed by atoms with Crippen molar-refractivity contribution in [2.75, 3.05) is 18.5 Å². The molecule has 19 heavy (non-hydrogen) atoms. The van der Waals surface area contributed by atoms with E-state index in [0.717, 1.165) is 5.01 Å². The number of thiazole rings is 1. The van der Waals surface area contributed by atoms with Gasteiger partial charge >= 0.3 is 0 Å². The van der Waals surface area contributed by atoms with Gasteiger partial charge in [-0.1, -0.05) is 6.07 Å². The summed E-state index contributed by atoms with van der Waals surface area (Å²) in [5.74, 6) is -0.635. The standard InChI is InChI=1S/C13H14FN3OS/c1-17(10-4-2-3-9(14)7-10)13(18)11-8-19-12(16-11)5-6-15/h2-4,7-8H,5-6,15H2,1H3. The summed E-state index contributed by atoms with van der Waals surface area (Å²) in [4.78, 5) is 17.8. The van der Waals surface area contributed by atoms with Gasteiger partial charge in [0.1, 0.15) is 11.5 Å². The van der Waals surface area contributed by atoms with Gasteiger partial charge in [-0.2, -0.15) is 0 Å². The van der Waals surface area contributed by atoms with E-state index in [-0.39, 0.29) is 11.7 Å². The minimum atomic E-state index is -0.376. The molecule has 4 nitrogen and oxygen atoms in total. The van der Waals surface area contributed by atoms with Crippen LogP contribution in [0.3, 0.4) is 0 Å². The molecule has 0 aliphatic heterocycles. The molecule has 1 amide bonds. The first-order valence-corrected chi connectivity index (χ1v) is 6.68. The summed E-state index contributed by atoms with van der Waals surface area (Å²) in [6.07, 6.45) is 0.654. The van der Waals surface area contributed by atoms with E-state index in [0.29, 0.717) is 24.3 Å². The number of hydrogen-bond acceptors (Lipinski definition) is 4. The molecule has 2 rings (SSSR count). The van der Waals surface area contributed by atoms with Gasteiger partial charge in [0.05, 0.1) is 5.01 Å². The number of anilines is 1. The van der Waals surface area contributed by atoms with Crippen molar-refractivity contribution >= 4 is 22.9 Å². The smallest absolute Gasteiger partial charge is 0.277 e. The summed E-state index contributed by atoms with van der Waals surface area (Å²) in [6.45, 7) is 0.501. The van der Waals surface area contributed by atoms with Gasteiger partial charge in [-0.25, -0.2) is 9.37 Å². The Balaban J connectivity index is 2.18. The molecule has 0 bridgehead atoms. The summed E-state index contributed by atoms with van der Waals surface area (Å²) < 4.78 is 13.1. The first-order valence-electron chi connectivity index (χ1n) is 5.80. The molecule has 0 spiro atoms. The Morgan fingerprint density at radius 2 is 2.32 bits per heavy atom. The third kappa shape index (κ3) is 3.15. The van der Waals surface area contributed by atoms with Gasteiger partial charge in [-0.15, -0.1) is 11.3 Å². The van der Waals surface area contributed by atoms with E-state index in [9.17, 15) is 9.18 Å². The zero-order chi connectivity index (χ0) is 13.8. The second-order valence-corrected chi connectivity index (χ2v) is 4.95. The van der Waals surface area contributed by atoms with Gasteiger partial charge in [0.25, 0.3) is 5.91 Å². The van der Waals surface area contributed by atoms with E-state index in [4.69, 9.17) is 5.73 Å². The summed E-state index contributed by atoms with van der Waals surface area (Å²) in [6, 6.07) is 5.89. The largest absolute Gasteiger partial charge is 0.330 e. The predicted octanol–water partition coefficient (Wildman–Crippen LogP) is 2.06. The minimum absolute atomic E-state index is 0.259. The van der Waals surface area contributed by atoms with Crippen molar-refractivity contribution in [1.29, 1.82) is 0 Å². The lowest BCUT2D eigenvalue weighted by molar-refractivity contribution is 0.0988. The third-order valence-corrected chi connectivity index (χ3v) is 3.54. The molecule has 0 atom stereocenters. The van der Waals surface area contributed by atoms with E-state index in [1.54, 1.807) is 24.6 Å². The van der Waals surface area contributed by atoms with Crippen LogP contribution in [0.4, 0.5) is 10.1 Å². The Kier molecular flexibility index (Phi) is 4.24. The van der Waals surface area contributed by atoms with Crippen LogP contribution in [0, 0.1) is 5.82 Å². The molecule has 2 aromatic rings. The van der Waals surface area contributed by atoms with Crippen LogP contribution in [-0.4, -0.2) is 24.5 Å². The number of nitrogens with zero attached hydrogens (tertiary/aromatic N) is 2. The monoisotopic (exact) mass is 279 g/mol. The zero-order valence-corrected chi connectivity index (χ0v) is 11.3. The van der Waals surface area contributed by atoms with Crippen molar-refractivity contribution in [2.45, 2.75) is 6.42 Å². The van der Waals surface area contributed by atoms with Crippen LogP contribution in [0.25, 0.3) is 0 Å². The molecule has 2 N–H and O–H groups in total. The highest BCUT2D eigenvalue weighted by molar-refractivity contribution is 7.09. The Bertz CT molecular complexity index is 585. The lowest BCUT2D eigenvalue weighted by Gasteiger charge is -2.15. The molecular formula is C13H14FN3OS. The second kappa shape index (κ2) is 5.90. The van der Waals surface area contributed by atoms with Gasteiger partial charge < -0.3 is 10.6 Å². The molecule has 0 aliphatic rings. The van der Waals surface area contributed by atoms with Crippen molar-refractivity contribution in [2.24, 2.45) is 5.73 Å². The fourth-order valence-electron chi connectivity index (χ4n) is 1.62. The van der Waals surface area contributed by atoms with Crippen molar-refractivity contribution in [1.82, 2.24) is 4.98 Å². The normalized spacial score (nSPS) is 10.5. The molecule has 6 heteroatoms. The topological polar surface area (TPSA) is 59.2 Å². The fraction of sp³-hybridized carbons (Fsp3) is 0.231. The lowest BCUT2D eigenvalue weighted by Crippen LogP contribution is -2.26. The first-order chi connectivity index (χ1) is 9.11. The third-order valence-electron chi connectivity index (χ3n) is 2.63. The number of hydrogen-bond donors (Lipinski definition) is 1. The van der Waals surface area contributed by atoms with E-state index in [1.165, 1.54) is 28.4 Å². The maximum atomic E-state index is 13.1. The molecule has 0 fully saturated rings. The molecule has 0 radical (unpaired) electrons. The number of carbonyl (C=O) groups excluding carboxylic acids is 1. The number of rotatable bonds is 4. The summed E-state index contributed by atoms with van der Waals surface area (Å²) in [5.41, 5.74) is 6.30. The van der Waals surface area contributed by atoms with Crippen molar-refractivity contribution in [3.63, 3.8) is 0 Å². The highest BCUT2D eigenvalue weighted by atomic mass is 32.1. The van der Waals surface area contributed by atoms with Crippen LogP contribution in [0.2, 0.25) is 0 Å². The van der Waals surface area contributed by atoms with E-state index >= 15 is 0 Å². The van der Waals surface area contributed by atoms with Gasteiger partial charge in [0.2, 0.25) is 0 Å². The average molecular weight is 279 g/mol. The molecule has 1 aromatic heterocycles. The summed E-state index contributed by atoms with van der Waals surface area (Å²) in [7, 11) is 1.60. The first kappa shape index (κ1) is 13.6. The van der Waals surface area contributed by atoms with E-state index in [1.807, 2.05) is 0 Å². The van der Waals surface area contributed by atoms with Crippen LogP contribution in [0.5, 0.6) is 0 Å². The van der Waals surface area contributed by atoms with Gasteiger partial charge in [0.15, 0.2) is 0 Å². The fourth-order valence-corrected chi connectivity index (χ4v) is 2.41. The molecule has 1 heterocycles. The Morgan fingerprint density at radius 1 is 1.53 bits per heavy atom. The van der Waals surface area contributed by atoms with Crippen molar-refractivity contribution in [3.05, 3.63) is 46.2 Å². The average Bonchev–Trinajstić information content (AvgIpc) is 2.86. The molecular weight excluding hydrogens is 265 g/mol. The highest BCUT2D eigenvalue weighted by Crippen LogP contribution is 2.18. The van der Waals surface area contributed by atoms with Crippen LogP contribution in [-0.2, 0) is 6.42 Å². The Morgan fingerprint density at radius 3 is 3.00 bits per heavy atom. The second-order valence-electron chi connectivity index (χ2n) is 4.01. The zero-order valence-electron chi connectivity index (χ0n) is 10.5. The van der Waals surface area contributed by atoms with E-state index < -0.39 is 0 Å². The lowest BCUT2D eigenvalue weighted by atomic mass is 10.2. The number of aromatic nitrogens is 1. The predicted molar refractivity (Wildman–Crippen MR) is 74.0 cm³/mol. The number of nitrogens with two attached hydrogens (primary N) is 1. The van der Waals surface area contributed by atoms with Gasteiger partial charge in [0, 0.05) is 24.5 Å². The van der Waals surface area contributed by atoms with Crippen molar-refractivity contribution < 1.29 is 9.18 Å². The Labute approximate surface area is 114 Å². The summed E-state index contributed by atoms with van der Waals surface area (Å²) in [5, 5.41) is 2.53. The molecule has 0 unspecified atom stereocenters. The number of carbonyl (C=O) groups is 1. The van der Waals surface area contributed by atoms with Gasteiger partial charge in [-0.05, 0) is 24.7 Å². The molecule has 1 aromatic carbocycles. The number of halogens is 1. The van der Waals surface area contributed by atoms with Crippen LogP contribution in [0.15, 0.2) is 29.6 Å². The van der Waals surface area contributed by atoms with Crippen LogP contribution in [0.1, 0.15) is 15.5 Å². The maximum Gasteiger partial charge on any atom is 0.277 e.